The summed E-state index contributed by atoms with van der Waals surface area (Å²) < 4.78 is 0. The van der Waals surface area contributed by atoms with Crippen LogP contribution < -0.4 is 0 Å². The minimum Gasteiger partial charge on any atom is -0.253 e. The fourth-order valence-electron chi connectivity index (χ4n) is 1.11. The summed E-state index contributed by atoms with van der Waals surface area (Å²) in [4.78, 5) is 12.6. The second kappa shape index (κ2) is 2.83. The lowest BCUT2D eigenvalue weighted by Crippen LogP contribution is -2.12. The molecule has 0 aromatic rings. The molecule has 0 spiro atoms. The maximum absolute atomic E-state index is 5.84. The van der Waals surface area contributed by atoms with Gasteiger partial charge in [0.1, 0.15) is 11.9 Å². The van der Waals surface area contributed by atoms with Gasteiger partial charge in [0.05, 0.1) is 5.38 Å². The SMILES string of the molecule is CC(Cl)C1=NC2C=CC=NC2=N1. The number of fused-ring (bicyclic) bond motifs is 1. The van der Waals surface area contributed by atoms with Crippen LogP contribution >= 0.6 is 11.6 Å². The molecule has 0 aromatic heterocycles. The van der Waals surface area contributed by atoms with Crippen molar-refractivity contribution < 1.29 is 0 Å². The Morgan fingerprint density at radius 3 is 3.08 bits per heavy atom. The average Bonchev–Trinajstić information content (AvgIpc) is 2.46. The van der Waals surface area contributed by atoms with Gasteiger partial charge in [0.15, 0.2) is 5.84 Å². The summed E-state index contributed by atoms with van der Waals surface area (Å²) >= 11 is 5.84. The molecule has 0 amide bonds. The maximum atomic E-state index is 5.84. The lowest BCUT2D eigenvalue weighted by Gasteiger charge is -2.02. The van der Waals surface area contributed by atoms with Gasteiger partial charge in [-0.3, -0.25) is 4.99 Å². The molecule has 62 valence electrons. The van der Waals surface area contributed by atoms with Gasteiger partial charge in [-0.25, -0.2) is 9.98 Å². The molecule has 0 aliphatic carbocycles. The summed E-state index contributed by atoms with van der Waals surface area (Å²) in [6.45, 7) is 1.86. The van der Waals surface area contributed by atoms with Crippen LogP contribution in [0.1, 0.15) is 6.92 Å². The third kappa shape index (κ3) is 1.20. The first-order valence-corrected chi connectivity index (χ1v) is 4.22. The molecule has 2 heterocycles. The molecule has 0 radical (unpaired) electrons. The van der Waals surface area contributed by atoms with Gasteiger partial charge in [-0.2, -0.15) is 0 Å². The number of rotatable bonds is 1. The molecule has 0 aromatic carbocycles. The molecule has 2 atom stereocenters. The van der Waals surface area contributed by atoms with E-state index in [0.29, 0.717) is 5.84 Å². The minimum absolute atomic E-state index is 0.00574. The van der Waals surface area contributed by atoms with E-state index in [4.69, 9.17) is 11.6 Å². The van der Waals surface area contributed by atoms with Crippen molar-refractivity contribution in [1.82, 2.24) is 0 Å². The Morgan fingerprint density at radius 2 is 2.42 bits per heavy atom. The highest BCUT2D eigenvalue weighted by molar-refractivity contribution is 6.33. The van der Waals surface area contributed by atoms with Crippen molar-refractivity contribution in [2.24, 2.45) is 15.0 Å². The molecular weight excluding hydrogens is 174 g/mol. The Bertz CT molecular complexity index is 312. The number of hydrogen-bond donors (Lipinski definition) is 0. The second-order valence-electron chi connectivity index (χ2n) is 2.68. The topological polar surface area (TPSA) is 37.1 Å². The van der Waals surface area contributed by atoms with Gasteiger partial charge in [-0.05, 0) is 13.0 Å². The predicted molar refractivity (Wildman–Crippen MR) is 51.6 cm³/mol. The van der Waals surface area contributed by atoms with E-state index >= 15 is 0 Å². The molecule has 0 N–H and O–H groups in total. The molecule has 12 heavy (non-hydrogen) atoms. The van der Waals surface area contributed by atoms with E-state index < -0.39 is 0 Å². The Kier molecular flexibility index (Phi) is 1.81. The number of aliphatic imine (C=N–C) groups is 3. The van der Waals surface area contributed by atoms with Crippen molar-refractivity contribution in [3.05, 3.63) is 12.2 Å². The van der Waals surface area contributed by atoms with E-state index in [1.165, 1.54) is 0 Å². The van der Waals surface area contributed by atoms with Crippen LogP contribution in [0.2, 0.25) is 0 Å². The zero-order valence-corrected chi connectivity index (χ0v) is 7.36. The number of nitrogens with zero attached hydrogens (tertiary/aromatic N) is 3. The van der Waals surface area contributed by atoms with Crippen LogP contribution in [0, 0.1) is 0 Å². The summed E-state index contributed by atoms with van der Waals surface area (Å²) in [7, 11) is 0. The Balaban J connectivity index is 2.29. The zero-order chi connectivity index (χ0) is 8.55. The lowest BCUT2D eigenvalue weighted by atomic mass is 10.2. The van der Waals surface area contributed by atoms with E-state index in [1.807, 2.05) is 19.1 Å². The monoisotopic (exact) mass is 181 g/mol. The fourth-order valence-corrected chi connectivity index (χ4v) is 1.22. The Labute approximate surface area is 75.6 Å². The van der Waals surface area contributed by atoms with Crippen LogP contribution in [-0.2, 0) is 0 Å². The molecule has 2 aliphatic heterocycles. The van der Waals surface area contributed by atoms with Gasteiger partial charge >= 0.3 is 0 Å². The van der Waals surface area contributed by atoms with Gasteiger partial charge in [0.25, 0.3) is 0 Å². The van der Waals surface area contributed by atoms with Crippen LogP contribution in [0.4, 0.5) is 0 Å². The van der Waals surface area contributed by atoms with Crippen molar-refractivity contribution in [2.45, 2.75) is 18.3 Å². The largest absolute Gasteiger partial charge is 0.253 e. The molecule has 2 aliphatic rings. The molecule has 0 fully saturated rings. The van der Waals surface area contributed by atoms with E-state index in [9.17, 15) is 0 Å². The molecule has 0 saturated heterocycles. The third-order valence-corrected chi connectivity index (χ3v) is 1.90. The van der Waals surface area contributed by atoms with Crippen molar-refractivity contribution in [1.29, 1.82) is 0 Å². The average molecular weight is 182 g/mol. The molecule has 4 heteroatoms. The van der Waals surface area contributed by atoms with E-state index in [-0.39, 0.29) is 11.4 Å². The van der Waals surface area contributed by atoms with E-state index in [1.54, 1.807) is 6.21 Å². The second-order valence-corrected chi connectivity index (χ2v) is 3.34. The van der Waals surface area contributed by atoms with Gasteiger partial charge < -0.3 is 0 Å². The molecular formula is C8H8ClN3. The lowest BCUT2D eigenvalue weighted by molar-refractivity contribution is 1.08. The van der Waals surface area contributed by atoms with Gasteiger partial charge in [-0.1, -0.05) is 6.08 Å². The van der Waals surface area contributed by atoms with E-state index in [0.717, 1.165) is 5.84 Å². The summed E-state index contributed by atoms with van der Waals surface area (Å²) in [6, 6.07) is 0.00574. The van der Waals surface area contributed by atoms with Gasteiger partial charge in [0, 0.05) is 6.21 Å². The summed E-state index contributed by atoms with van der Waals surface area (Å²) in [5.74, 6) is 1.43. The summed E-state index contributed by atoms with van der Waals surface area (Å²) in [6.07, 6.45) is 5.54. The number of hydrogen-bond acceptors (Lipinski definition) is 3. The maximum Gasteiger partial charge on any atom is 0.158 e. The van der Waals surface area contributed by atoms with Crippen LogP contribution in [0.3, 0.4) is 0 Å². The summed E-state index contributed by atoms with van der Waals surface area (Å²) in [5, 5.41) is -0.133. The Hall–Kier alpha value is -0.960. The predicted octanol–water partition coefficient (Wildman–Crippen LogP) is 1.43. The normalized spacial score (nSPS) is 28.0. The van der Waals surface area contributed by atoms with E-state index in [2.05, 4.69) is 15.0 Å². The highest BCUT2D eigenvalue weighted by Gasteiger charge is 2.22. The van der Waals surface area contributed by atoms with Crippen molar-refractivity contribution >= 4 is 29.5 Å². The Morgan fingerprint density at radius 1 is 1.58 bits per heavy atom. The van der Waals surface area contributed by atoms with Crippen LogP contribution in [-0.4, -0.2) is 29.3 Å². The van der Waals surface area contributed by atoms with Gasteiger partial charge in [-0.15, -0.1) is 11.6 Å². The quantitative estimate of drug-likeness (QED) is 0.549. The minimum atomic E-state index is -0.133. The first-order valence-electron chi connectivity index (χ1n) is 3.78. The molecule has 0 saturated carbocycles. The van der Waals surface area contributed by atoms with Crippen molar-refractivity contribution in [2.75, 3.05) is 0 Å². The molecule has 3 nitrogen and oxygen atoms in total. The highest BCUT2D eigenvalue weighted by atomic mass is 35.5. The standard InChI is InChI=1S/C8H8ClN3/c1-5(9)7-11-6-3-2-4-10-8(6)12-7/h2-6H,1H3. The van der Waals surface area contributed by atoms with Crippen LogP contribution in [0.15, 0.2) is 27.1 Å². The number of allylic oxidation sites excluding steroid dienone is 1. The smallest absolute Gasteiger partial charge is 0.158 e. The molecule has 2 unspecified atom stereocenters. The fraction of sp³-hybridized carbons (Fsp3) is 0.375. The van der Waals surface area contributed by atoms with Gasteiger partial charge in [0.2, 0.25) is 0 Å². The number of amidine groups is 2. The van der Waals surface area contributed by atoms with Crippen molar-refractivity contribution in [3.63, 3.8) is 0 Å². The van der Waals surface area contributed by atoms with Crippen LogP contribution in [0.5, 0.6) is 0 Å². The third-order valence-electron chi connectivity index (χ3n) is 1.71. The number of dihydropyridines is 1. The van der Waals surface area contributed by atoms with Crippen LogP contribution in [0.25, 0.3) is 0 Å². The highest BCUT2D eigenvalue weighted by Crippen LogP contribution is 2.14. The number of alkyl halides is 1. The molecule has 2 rings (SSSR count). The first-order chi connectivity index (χ1) is 5.77. The first kappa shape index (κ1) is 7.68. The molecule has 0 bridgehead atoms. The zero-order valence-electron chi connectivity index (χ0n) is 6.61. The summed E-state index contributed by atoms with van der Waals surface area (Å²) in [5.41, 5.74) is 0. The van der Waals surface area contributed by atoms with Crippen molar-refractivity contribution in [3.8, 4) is 0 Å². The number of halogens is 1.